The quantitative estimate of drug-likeness (QED) is 0.812. The number of carbonyl (C=O) groups is 1. The van der Waals surface area contributed by atoms with Crippen molar-refractivity contribution in [3.05, 3.63) is 34.4 Å². The van der Waals surface area contributed by atoms with E-state index in [9.17, 15) is 4.79 Å². The fourth-order valence-electron chi connectivity index (χ4n) is 1.96. The number of aryl methyl sites for hydroxylation is 3. The van der Waals surface area contributed by atoms with Crippen molar-refractivity contribution >= 4 is 5.91 Å². The first-order valence-corrected chi connectivity index (χ1v) is 6.44. The van der Waals surface area contributed by atoms with Crippen LogP contribution in [0.4, 0.5) is 0 Å². The van der Waals surface area contributed by atoms with E-state index in [4.69, 9.17) is 0 Å². The van der Waals surface area contributed by atoms with Crippen molar-refractivity contribution in [1.29, 1.82) is 0 Å². The van der Waals surface area contributed by atoms with Crippen molar-refractivity contribution in [2.45, 2.75) is 40.5 Å². The highest BCUT2D eigenvalue weighted by atomic mass is 16.1. The molecule has 1 amide bonds. The predicted molar refractivity (Wildman–Crippen MR) is 75.5 cm³/mol. The van der Waals surface area contributed by atoms with E-state index in [1.54, 1.807) is 0 Å². The van der Waals surface area contributed by atoms with Gasteiger partial charge in [0, 0.05) is 12.5 Å². The number of carbonyl (C=O) groups excluding carboxylic acids is 1. The summed E-state index contributed by atoms with van der Waals surface area (Å²) in [7, 11) is 0. The fraction of sp³-hybridized carbons (Fsp3) is 0.438. The van der Waals surface area contributed by atoms with Crippen molar-refractivity contribution in [1.82, 2.24) is 5.32 Å². The molecule has 0 atom stereocenters. The Kier molecular flexibility index (Phi) is 5.45. The van der Waals surface area contributed by atoms with E-state index >= 15 is 0 Å². The zero-order valence-corrected chi connectivity index (χ0v) is 11.7. The molecule has 0 spiro atoms. The molecule has 0 aliphatic carbocycles. The normalized spacial score (nSPS) is 9.56. The Morgan fingerprint density at radius 2 is 1.78 bits per heavy atom. The van der Waals surface area contributed by atoms with Crippen LogP contribution in [0.15, 0.2) is 12.1 Å². The van der Waals surface area contributed by atoms with Gasteiger partial charge in [-0.3, -0.25) is 4.79 Å². The van der Waals surface area contributed by atoms with Gasteiger partial charge in [-0.05, 0) is 30.9 Å². The van der Waals surface area contributed by atoms with Gasteiger partial charge in [-0.15, -0.1) is 0 Å². The van der Waals surface area contributed by atoms with Crippen LogP contribution in [0.2, 0.25) is 0 Å². The van der Waals surface area contributed by atoms with Crippen molar-refractivity contribution in [3.8, 4) is 11.8 Å². The second kappa shape index (κ2) is 6.86. The molecule has 0 saturated carbocycles. The van der Waals surface area contributed by atoms with E-state index in [0.29, 0.717) is 6.54 Å². The third-order valence-electron chi connectivity index (χ3n) is 2.85. The summed E-state index contributed by atoms with van der Waals surface area (Å²) in [6.07, 6.45) is 1.97. The van der Waals surface area contributed by atoms with Crippen molar-refractivity contribution in [3.63, 3.8) is 0 Å². The maximum atomic E-state index is 10.8. The maximum Gasteiger partial charge on any atom is 0.217 e. The van der Waals surface area contributed by atoms with Crippen molar-refractivity contribution in [2.24, 2.45) is 0 Å². The molecule has 0 radical (unpaired) electrons. The number of nitrogens with one attached hydrogen (secondary N) is 1. The molecule has 0 aliphatic rings. The molecule has 18 heavy (non-hydrogen) atoms. The molecule has 1 aromatic rings. The minimum Gasteiger partial charge on any atom is -0.345 e. The van der Waals surface area contributed by atoms with E-state index in [2.05, 4.69) is 50.1 Å². The van der Waals surface area contributed by atoms with Gasteiger partial charge in [0.15, 0.2) is 0 Å². The number of rotatable bonds is 3. The molecule has 0 bridgehead atoms. The Bertz CT molecular complexity index is 467. The van der Waals surface area contributed by atoms with Crippen LogP contribution in [0.3, 0.4) is 0 Å². The van der Waals surface area contributed by atoms with Gasteiger partial charge in [-0.2, -0.15) is 0 Å². The zero-order valence-electron chi connectivity index (χ0n) is 11.7. The zero-order chi connectivity index (χ0) is 13.5. The summed E-state index contributed by atoms with van der Waals surface area (Å²) >= 11 is 0. The first-order chi connectivity index (χ1) is 8.58. The highest BCUT2D eigenvalue weighted by Gasteiger charge is 2.05. The molecule has 0 fully saturated rings. The predicted octanol–water partition coefficient (Wildman–Crippen LogP) is 2.61. The van der Waals surface area contributed by atoms with Crippen LogP contribution in [-0.2, 0) is 17.6 Å². The Morgan fingerprint density at radius 1 is 1.22 bits per heavy atom. The summed E-state index contributed by atoms with van der Waals surface area (Å²) in [6, 6.07) is 4.39. The van der Waals surface area contributed by atoms with E-state index in [1.165, 1.54) is 23.6 Å². The first-order valence-electron chi connectivity index (χ1n) is 6.44. The topological polar surface area (TPSA) is 29.1 Å². The van der Waals surface area contributed by atoms with Gasteiger partial charge in [-0.25, -0.2) is 0 Å². The molecule has 2 heteroatoms. The minimum atomic E-state index is -0.0420. The van der Waals surface area contributed by atoms with Crippen LogP contribution < -0.4 is 5.32 Å². The van der Waals surface area contributed by atoms with Gasteiger partial charge in [0.1, 0.15) is 0 Å². The van der Waals surface area contributed by atoms with E-state index in [-0.39, 0.29) is 5.91 Å². The molecule has 0 aliphatic heterocycles. The fourth-order valence-corrected chi connectivity index (χ4v) is 1.96. The lowest BCUT2D eigenvalue weighted by Gasteiger charge is -2.09. The summed E-state index contributed by atoms with van der Waals surface area (Å²) in [5.74, 6) is 6.18. The van der Waals surface area contributed by atoms with Crippen molar-refractivity contribution < 1.29 is 4.79 Å². The number of benzene rings is 1. The molecule has 1 rings (SSSR count). The highest BCUT2D eigenvalue weighted by molar-refractivity contribution is 5.73. The third kappa shape index (κ3) is 3.92. The molecule has 96 valence electrons. The average Bonchev–Trinajstić information content (AvgIpc) is 2.34. The van der Waals surface area contributed by atoms with E-state index < -0.39 is 0 Å². The SMILES string of the molecule is CCc1cc(C)cc(CC)c1C#CCNC(C)=O. The monoisotopic (exact) mass is 243 g/mol. The average molecular weight is 243 g/mol. The maximum absolute atomic E-state index is 10.8. The molecule has 1 N–H and O–H groups in total. The molecule has 1 aromatic carbocycles. The molecule has 0 heterocycles. The lowest BCUT2D eigenvalue weighted by molar-refractivity contribution is -0.118. The Balaban J connectivity index is 3.02. The standard InChI is InChI=1S/C16H21NO/c1-5-14-10-12(3)11-15(6-2)16(14)8-7-9-17-13(4)18/h10-11H,5-6,9H2,1-4H3,(H,17,18). The summed E-state index contributed by atoms with van der Waals surface area (Å²) in [6.45, 7) is 8.32. The van der Waals surface area contributed by atoms with Gasteiger partial charge in [0.2, 0.25) is 5.91 Å². The summed E-state index contributed by atoms with van der Waals surface area (Å²) in [5, 5.41) is 2.69. The third-order valence-corrected chi connectivity index (χ3v) is 2.85. The summed E-state index contributed by atoms with van der Waals surface area (Å²) < 4.78 is 0. The van der Waals surface area contributed by atoms with Crippen LogP contribution >= 0.6 is 0 Å². The molecular weight excluding hydrogens is 222 g/mol. The molecule has 0 saturated heterocycles. The summed E-state index contributed by atoms with van der Waals surface area (Å²) in [5.41, 5.74) is 5.01. The van der Waals surface area contributed by atoms with Gasteiger partial charge < -0.3 is 5.32 Å². The van der Waals surface area contributed by atoms with E-state index in [0.717, 1.165) is 18.4 Å². The largest absolute Gasteiger partial charge is 0.345 e. The Morgan fingerprint density at radius 3 is 2.22 bits per heavy atom. The Labute approximate surface area is 110 Å². The number of amides is 1. The van der Waals surface area contributed by atoms with Gasteiger partial charge in [0.05, 0.1) is 6.54 Å². The lowest BCUT2D eigenvalue weighted by Crippen LogP contribution is -2.19. The molecule has 0 unspecified atom stereocenters. The number of hydrogen-bond acceptors (Lipinski definition) is 1. The Hall–Kier alpha value is -1.75. The molecule has 0 aromatic heterocycles. The van der Waals surface area contributed by atoms with E-state index in [1.807, 2.05) is 0 Å². The molecule has 2 nitrogen and oxygen atoms in total. The molecular formula is C16H21NO. The second-order valence-corrected chi connectivity index (χ2v) is 4.38. The van der Waals surface area contributed by atoms with Crippen LogP contribution in [0.1, 0.15) is 43.0 Å². The van der Waals surface area contributed by atoms with Crippen LogP contribution in [-0.4, -0.2) is 12.5 Å². The highest BCUT2D eigenvalue weighted by Crippen LogP contribution is 2.18. The van der Waals surface area contributed by atoms with Gasteiger partial charge in [-0.1, -0.05) is 43.4 Å². The van der Waals surface area contributed by atoms with Crippen LogP contribution in [0.5, 0.6) is 0 Å². The van der Waals surface area contributed by atoms with Gasteiger partial charge in [0.25, 0.3) is 0 Å². The van der Waals surface area contributed by atoms with Gasteiger partial charge >= 0.3 is 0 Å². The summed E-state index contributed by atoms with van der Waals surface area (Å²) in [4.78, 5) is 10.8. The van der Waals surface area contributed by atoms with Crippen molar-refractivity contribution in [2.75, 3.05) is 6.54 Å². The smallest absolute Gasteiger partial charge is 0.217 e. The first kappa shape index (κ1) is 14.3. The number of hydrogen-bond donors (Lipinski definition) is 1. The second-order valence-electron chi connectivity index (χ2n) is 4.38. The van der Waals surface area contributed by atoms with Crippen LogP contribution in [0.25, 0.3) is 0 Å². The lowest BCUT2D eigenvalue weighted by atomic mass is 9.95. The van der Waals surface area contributed by atoms with Crippen LogP contribution in [0, 0.1) is 18.8 Å². The minimum absolute atomic E-state index is 0.0420.